The summed E-state index contributed by atoms with van der Waals surface area (Å²) in [6, 6.07) is 0. The van der Waals surface area contributed by atoms with Gasteiger partial charge in [-0.15, -0.1) is 0 Å². The Morgan fingerprint density at radius 1 is 1.31 bits per heavy atom. The van der Waals surface area contributed by atoms with Crippen molar-refractivity contribution in [1.29, 1.82) is 0 Å². The molecule has 16 heavy (non-hydrogen) atoms. The smallest absolute Gasteiger partial charge is 0.151 e. The molecule has 0 bridgehead atoms. The van der Waals surface area contributed by atoms with E-state index in [2.05, 4.69) is 25.4 Å². The van der Waals surface area contributed by atoms with E-state index in [1.165, 1.54) is 0 Å². The van der Waals surface area contributed by atoms with E-state index < -0.39 is 0 Å². The normalized spacial score (nSPS) is 10.6. The third kappa shape index (κ3) is 3.09. The molecular formula is C10H14N6. The molecule has 6 heteroatoms. The van der Waals surface area contributed by atoms with E-state index in [4.69, 9.17) is 0 Å². The molecule has 6 nitrogen and oxygen atoms in total. The average Bonchev–Trinajstić information content (AvgIpc) is 2.72. The van der Waals surface area contributed by atoms with Gasteiger partial charge in [0, 0.05) is 45.1 Å². The summed E-state index contributed by atoms with van der Waals surface area (Å²) < 4.78 is 1.71. The Morgan fingerprint density at radius 2 is 2.25 bits per heavy atom. The van der Waals surface area contributed by atoms with Crippen molar-refractivity contribution in [2.75, 3.05) is 6.54 Å². The Hall–Kier alpha value is -1.82. The number of nitrogens with one attached hydrogen (secondary N) is 1. The van der Waals surface area contributed by atoms with Crippen LogP contribution in [0.3, 0.4) is 0 Å². The SMILES string of the molecule is Cn1cnc(CCNCc2cnccn2)n1. The molecule has 2 aromatic rings. The van der Waals surface area contributed by atoms with E-state index in [0.29, 0.717) is 0 Å². The van der Waals surface area contributed by atoms with Crippen molar-refractivity contribution in [3.63, 3.8) is 0 Å². The third-order valence-electron chi connectivity index (χ3n) is 2.10. The zero-order chi connectivity index (χ0) is 11.2. The van der Waals surface area contributed by atoms with Crippen LogP contribution in [0.5, 0.6) is 0 Å². The molecule has 0 aliphatic heterocycles. The molecule has 0 aromatic carbocycles. The van der Waals surface area contributed by atoms with Crippen LogP contribution in [0, 0.1) is 0 Å². The molecule has 0 spiro atoms. The lowest BCUT2D eigenvalue weighted by atomic mass is 10.4. The van der Waals surface area contributed by atoms with Crippen LogP contribution < -0.4 is 5.32 Å². The van der Waals surface area contributed by atoms with E-state index in [-0.39, 0.29) is 0 Å². The minimum absolute atomic E-state index is 0.723. The van der Waals surface area contributed by atoms with Crippen LogP contribution in [-0.4, -0.2) is 31.3 Å². The van der Waals surface area contributed by atoms with Crippen molar-refractivity contribution in [2.24, 2.45) is 7.05 Å². The first-order valence-electron chi connectivity index (χ1n) is 5.15. The van der Waals surface area contributed by atoms with Crippen molar-refractivity contribution >= 4 is 0 Å². The number of nitrogens with zero attached hydrogens (tertiary/aromatic N) is 5. The van der Waals surface area contributed by atoms with E-state index in [1.54, 1.807) is 29.6 Å². The number of aromatic nitrogens is 5. The van der Waals surface area contributed by atoms with Crippen molar-refractivity contribution in [3.8, 4) is 0 Å². The van der Waals surface area contributed by atoms with Crippen molar-refractivity contribution in [1.82, 2.24) is 30.0 Å². The maximum absolute atomic E-state index is 4.19. The first-order chi connectivity index (χ1) is 7.84. The van der Waals surface area contributed by atoms with Gasteiger partial charge >= 0.3 is 0 Å². The Morgan fingerprint density at radius 3 is 2.94 bits per heavy atom. The molecule has 0 aliphatic rings. The van der Waals surface area contributed by atoms with Crippen LogP contribution in [0.1, 0.15) is 11.5 Å². The highest BCUT2D eigenvalue weighted by Gasteiger charge is 1.98. The minimum atomic E-state index is 0.723. The summed E-state index contributed by atoms with van der Waals surface area (Å²) in [4.78, 5) is 12.3. The topological polar surface area (TPSA) is 68.5 Å². The van der Waals surface area contributed by atoms with Crippen LogP contribution in [0.2, 0.25) is 0 Å². The largest absolute Gasteiger partial charge is 0.311 e. The molecule has 0 saturated heterocycles. The molecule has 0 amide bonds. The Labute approximate surface area is 93.8 Å². The summed E-state index contributed by atoms with van der Waals surface area (Å²) in [5.74, 6) is 0.856. The maximum Gasteiger partial charge on any atom is 0.151 e. The van der Waals surface area contributed by atoms with Crippen LogP contribution in [0.4, 0.5) is 0 Å². The van der Waals surface area contributed by atoms with Crippen molar-refractivity contribution in [2.45, 2.75) is 13.0 Å². The highest BCUT2D eigenvalue weighted by molar-refractivity contribution is 4.93. The first-order valence-corrected chi connectivity index (χ1v) is 5.15. The van der Waals surface area contributed by atoms with Crippen LogP contribution in [-0.2, 0) is 20.0 Å². The van der Waals surface area contributed by atoms with E-state index >= 15 is 0 Å². The lowest BCUT2D eigenvalue weighted by molar-refractivity contribution is 0.651. The molecule has 0 aliphatic carbocycles. The predicted octanol–water partition coefficient (Wildman–Crippen LogP) is -0.0626. The molecular weight excluding hydrogens is 204 g/mol. The van der Waals surface area contributed by atoms with Gasteiger partial charge in [-0.1, -0.05) is 0 Å². The van der Waals surface area contributed by atoms with Crippen LogP contribution in [0.15, 0.2) is 24.9 Å². The van der Waals surface area contributed by atoms with Gasteiger partial charge in [0.15, 0.2) is 5.82 Å². The van der Waals surface area contributed by atoms with Gasteiger partial charge < -0.3 is 5.32 Å². The molecule has 0 saturated carbocycles. The minimum Gasteiger partial charge on any atom is -0.311 e. The zero-order valence-corrected chi connectivity index (χ0v) is 9.17. The third-order valence-corrected chi connectivity index (χ3v) is 2.10. The Balaban J connectivity index is 1.69. The van der Waals surface area contributed by atoms with E-state index in [1.807, 2.05) is 7.05 Å². The number of hydrogen-bond donors (Lipinski definition) is 1. The molecule has 84 valence electrons. The summed E-state index contributed by atoms with van der Waals surface area (Å²) in [5.41, 5.74) is 0.941. The number of aryl methyl sites for hydroxylation is 1. The summed E-state index contributed by atoms with van der Waals surface area (Å²) in [6.07, 6.45) is 7.64. The van der Waals surface area contributed by atoms with Gasteiger partial charge in [0.05, 0.1) is 5.69 Å². The molecule has 2 aromatic heterocycles. The van der Waals surface area contributed by atoms with Crippen molar-refractivity contribution < 1.29 is 0 Å². The summed E-state index contributed by atoms with van der Waals surface area (Å²) in [7, 11) is 1.86. The highest BCUT2D eigenvalue weighted by atomic mass is 15.3. The van der Waals surface area contributed by atoms with Gasteiger partial charge in [0.2, 0.25) is 0 Å². The summed E-state index contributed by atoms with van der Waals surface area (Å²) in [6.45, 7) is 1.56. The van der Waals surface area contributed by atoms with Gasteiger partial charge in [0.1, 0.15) is 6.33 Å². The van der Waals surface area contributed by atoms with Crippen LogP contribution in [0.25, 0.3) is 0 Å². The maximum atomic E-state index is 4.19. The van der Waals surface area contributed by atoms with Crippen LogP contribution >= 0.6 is 0 Å². The lowest BCUT2D eigenvalue weighted by Crippen LogP contribution is -2.18. The molecule has 0 fully saturated rings. The van der Waals surface area contributed by atoms with Gasteiger partial charge in [-0.3, -0.25) is 14.6 Å². The second-order valence-corrected chi connectivity index (χ2v) is 3.46. The van der Waals surface area contributed by atoms with Gasteiger partial charge in [-0.25, -0.2) is 4.98 Å². The molecule has 1 N–H and O–H groups in total. The molecule has 2 rings (SSSR count). The fraction of sp³-hybridized carbons (Fsp3) is 0.400. The lowest BCUT2D eigenvalue weighted by Gasteiger charge is -2.01. The number of rotatable bonds is 5. The molecule has 2 heterocycles. The quantitative estimate of drug-likeness (QED) is 0.712. The highest BCUT2D eigenvalue weighted by Crippen LogP contribution is 1.91. The zero-order valence-electron chi connectivity index (χ0n) is 9.17. The van der Waals surface area contributed by atoms with E-state index in [0.717, 1.165) is 31.0 Å². The Bertz CT molecular complexity index is 424. The second-order valence-electron chi connectivity index (χ2n) is 3.46. The number of hydrogen-bond acceptors (Lipinski definition) is 5. The summed E-state index contributed by atoms with van der Waals surface area (Å²) >= 11 is 0. The Kier molecular flexibility index (Phi) is 3.55. The van der Waals surface area contributed by atoms with Gasteiger partial charge in [-0.2, -0.15) is 5.10 Å². The average molecular weight is 218 g/mol. The molecule has 0 atom stereocenters. The van der Waals surface area contributed by atoms with E-state index in [9.17, 15) is 0 Å². The molecule has 0 unspecified atom stereocenters. The predicted molar refractivity (Wildman–Crippen MR) is 58.4 cm³/mol. The fourth-order valence-corrected chi connectivity index (χ4v) is 1.34. The van der Waals surface area contributed by atoms with Gasteiger partial charge in [0.25, 0.3) is 0 Å². The second kappa shape index (κ2) is 5.32. The fourth-order valence-electron chi connectivity index (χ4n) is 1.34. The van der Waals surface area contributed by atoms with Crippen molar-refractivity contribution in [3.05, 3.63) is 36.4 Å². The first kappa shape index (κ1) is 10.7. The summed E-state index contributed by atoms with van der Waals surface area (Å²) in [5, 5.41) is 7.46. The monoisotopic (exact) mass is 218 g/mol. The van der Waals surface area contributed by atoms with Gasteiger partial charge in [-0.05, 0) is 0 Å². The molecule has 0 radical (unpaired) electrons. The standard InChI is InChI=1S/C10H14N6/c1-16-8-14-10(15-16)2-3-11-6-9-7-12-4-5-13-9/h4-5,7-8,11H,2-3,6H2,1H3.